The fraction of sp³-hybridized carbons (Fsp3) is 0.208. The van der Waals surface area contributed by atoms with Crippen LogP contribution in [0.3, 0.4) is 0 Å². The molecule has 3 aromatic rings. The van der Waals surface area contributed by atoms with Crippen LogP contribution in [0.25, 0.3) is 16.9 Å². The summed E-state index contributed by atoms with van der Waals surface area (Å²) in [5.41, 5.74) is 2.46. The van der Waals surface area contributed by atoms with Crippen LogP contribution in [0, 0.1) is 10.1 Å². The highest BCUT2D eigenvalue weighted by molar-refractivity contribution is 5.95. The molecule has 1 aliphatic heterocycles. The van der Waals surface area contributed by atoms with Crippen LogP contribution in [0.4, 0.5) is 10.5 Å². The smallest absolute Gasteiger partial charge is 0.338 e. The lowest BCUT2D eigenvalue weighted by atomic mass is 9.93. The molecule has 2 amide bonds. The molecule has 2 N–H and O–H groups in total. The number of nitro groups is 1. The van der Waals surface area contributed by atoms with Gasteiger partial charge in [0.2, 0.25) is 0 Å². The Balaban J connectivity index is 1.86. The number of hydrogen-bond donors (Lipinski definition) is 2. The van der Waals surface area contributed by atoms with E-state index in [0.29, 0.717) is 22.5 Å². The number of ether oxygens (including phenoxy) is 2. The van der Waals surface area contributed by atoms with Gasteiger partial charge in [0, 0.05) is 42.3 Å². The molecule has 1 atom stereocenters. The SMILES string of the molecule is COCCOC(=O)C1=C(C)NC(=O)N[C@@H]1c1cn(-c2ccccc2)nc1-c1cccc([N+](=O)[O-])c1. The van der Waals surface area contributed by atoms with Crippen molar-refractivity contribution >= 4 is 17.7 Å². The average Bonchev–Trinajstić information content (AvgIpc) is 3.30. The monoisotopic (exact) mass is 477 g/mol. The topological polar surface area (TPSA) is 138 Å². The minimum atomic E-state index is -0.912. The largest absolute Gasteiger partial charge is 0.460 e. The molecule has 2 heterocycles. The lowest BCUT2D eigenvalue weighted by molar-refractivity contribution is -0.384. The zero-order valence-corrected chi connectivity index (χ0v) is 19.1. The van der Waals surface area contributed by atoms with Crippen LogP contribution in [-0.2, 0) is 14.3 Å². The number of nitrogens with one attached hydrogen (secondary N) is 2. The molecule has 0 fully saturated rings. The van der Waals surface area contributed by atoms with Crippen molar-refractivity contribution < 1.29 is 24.0 Å². The fourth-order valence-electron chi connectivity index (χ4n) is 3.80. The Morgan fingerprint density at radius 2 is 1.94 bits per heavy atom. The second-order valence-corrected chi connectivity index (χ2v) is 7.72. The molecule has 0 radical (unpaired) electrons. The molecule has 2 aromatic carbocycles. The number of nitrogens with zero attached hydrogens (tertiary/aromatic N) is 3. The summed E-state index contributed by atoms with van der Waals surface area (Å²) in [5, 5.41) is 21.4. The first-order valence-corrected chi connectivity index (χ1v) is 10.7. The van der Waals surface area contributed by atoms with Gasteiger partial charge in [-0.2, -0.15) is 5.10 Å². The molecular weight excluding hydrogens is 454 g/mol. The number of methoxy groups -OCH3 is 1. The number of esters is 1. The van der Waals surface area contributed by atoms with Crippen LogP contribution in [0.15, 0.2) is 72.1 Å². The van der Waals surface area contributed by atoms with Crippen molar-refractivity contribution in [3.63, 3.8) is 0 Å². The van der Waals surface area contributed by atoms with Crippen LogP contribution in [0.2, 0.25) is 0 Å². The Morgan fingerprint density at radius 1 is 1.17 bits per heavy atom. The number of carbonyl (C=O) groups excluding carboxylic acids is 2. The number of rotatable bonds is 8. The van der Waals surface area contributed by atoms with Gasteiger partial charge in [-0.05, 0) is 19.1 Å². The number of allylic oxidation sites excluding steroid dienone is 1. The van der Waals surface area contributed by atoms with Crippen molar-refractivity contribution in [2.75, 3.05) is 20.3 Å². The van der Waals surface area contributed by atoms with E-state index < -0.39 is 23.0 Å². The highest BCUT2D eigenvalue weighted by Gasteiger charge is 2.35. The van der Waals surface area contributed by atoms with Crippen molar-refractivity contribution in [1.29, 1.82) is 0 Å². The molecule has 0 saturated heterocycles. The number of para-hydroxylation sites is 1. The van der Waals surface area contributed by atoms with Crippen LogP contribution < -0.4 is 10.6 Å². The minimum absolute atomic E-state index is 0.0355. The van der Waals surface area contributed by atoms with E-state index in [-0.39, 0.29) is 24.5 Å². The molecule has 1 aromatic heterocycles. The molecule has 0 saturated carbocycles. The summed E-state index contributed by atoms with van der Waals surface area (Å²) < 4.78 is 11.9. The summed E-state index contributed by atoms with van der Waals surface area (Å²) in [4.78, 5) is 36.3. The highest BCUT2D eigenvalue weighted by atomic mass is 16.6. The lowest BCUT2D eigenvalue weighted by Crippen LogP contribution is -2.45. The highest BCUT2D eigenvalue weighted by Crippen LogP contribution is 2.35. The van der Waals surface area contributed by atoms with Crippen molar-refractivity contribution in [2.24, 2.45) is 0 Å². The molecule has 0 spiro atoms. The van der Waals surface area contributed by atoms with Gasteiger partial charge < -0.3 is 20.1 Å². The minimum Gasteiger partial charge on any atom is -0.460 e. The van der Waals surface area contributed by atoms with E-state index in [9.17, 15) is 19.7 Å². The second kappa shape index (κ2) is 10.2. The van der Waals surface area contributed by atoms with Gasteiger partial charge in [-0.3, -0.25) is 10.1 Å². The first-order chi connectivity index (χ1) is 16.9. The Kier molecular flexibility index (Phi) is 6.88. The zero-order valence-electron chi connectivity index (χ0n) is 19.1. The van der Waals surface area contributed by atoms with E-state index in [2.05, 4.69) is 15.7 Å². The number of hydrogen-bond acceptors (Lipinski definition) is 7. The number of benzene rings is 2. The predicted octanol–water partition coefficient (Wildman–Crippen LogP) is 3.27. The fourth-order valence-corrected chi connectivity index (χ4v) is 3.80. The molecule has 4 rings (SSSR count). The molecule has 0 unspecified atom stereocenters. The molecule has 0 bridgehead atoms. The Labute approximate surface area is 200 Å². The summed E-state index contributed by atoms with van der Waals surface area (Å²) >= 11 is 0. The Bertz CT molecular complexity index is 1300. The van der Waals surface area contributed by atoms with Gasteiger partial charge in [-0.25, -0.2) is 14.3 Å². The zero-order chi connectivity index (χ0) is 24.9. The maximum atomic E-state index is 13.0. The lowest BCUT2D eigenvalue weighted by Gasteiger charge is -2.27. The van der Waals surface area contributed by atoms with Crippen molar-refractivity contribution in [3.05, 3.63) is 87.7 Å². The van der Waals surface area contributed by atoms with Gasteiger partial charge in [-0.1, -0.05) is 30.3 Å². The molecule has 11 nitrogen and oxygen atoms in total. The summed E-state index contributed by atoms with van der Waals surface area (Å²) in [6.45, 7) is 1.86. The second-order valence-electron chi connectivity index (χ2n) is 7.72. The Morgan fingerprint density at radius 3 is 2.66 bits per heavy atom. The third-order valence-corrected chi connectivity index (χ3v) is 5.41. The number of amides is 2. The molecule has 180 valence electrons. The number of aromatic nitrogens is 2. The summed E-state index contributed by atoms with van der Waals surface area (Å²) in [7, 11) is 1.49. The van der Waals surface area contributed by atoms with Gasteiger partial charge in [-0.15, -0.1) is 0 Å². The third kappa shape index (κ3) is 5.04. The standard InChI is InChI=1S/C24H23N5O6/c1-15-20(23(30)35-12-11-34-2)22(26-24(31)25-15)19-14-28(17-8-4-3-5-9-17)27-21(19)16-7-6-10-18(13-16)29(32)33/h3-10,13-14,22H,11-12H2,1-2H3,(H2,25,26,31)/t22-/m1/s1. The summed E-state index contributed by atoms with van der Waals surface area (Å²) in [6.07, 6.45) is 1.69. The van der Waals surface area contributed by atoms with Crippen LogP contribution in [-0.4, -0.2) is 47.0 Å². The number of non-ortho nitro benzene ring substituents is 1. The van der Waals surface area contributed by atoms with Gasteiger partial charge in [0.1, 0.15) is 6.61 Å². The number of carbonyl (C=O) groups is 2. The maximum Gasteiger partial charge on any atom is 0.338 e. The van der Waals surface area contributed by atoms with Gasteiger partial charge in [0.15, 0.2) is 0 Å². The predicted molar refractivity (Wildman–Crippen MR) is 126 cm³/mol. The van der Waals surface area contributed by atoms with Crippen LogP contribution in [0.1, 0.15) is 18.5 Å². The van der Waals surface area contributed by atoms with Crippen molar-refractivity contribution in [2.45, 2.75) is 13.0 Å². The van der Waals surface area contributed by atoms with Gasteiger partial charge in [0.25, 0.3) is 5.69 Å². The van der Waals surface area contributed by atoms with E-state index >= 15 is 0 Å². The van der Waals surface area contributed by atoms with E-state index in [1.165, 1.54) is 19.2 Å². The molecule has 0 aliphatic carbocycles. The van der Waals surface area contributed by atoms with E-state index in [1.807, 2.05) is 30.3 Å². The van der Waals surface area contributed by atoms with Crippen molar-refractivity contribution in [3.8, 4) is 16.9 Å². The molecule has 1 aliphatic rings. The van der Waals surface area contributed by atoms with E-state index in [4.69, 9.17) is 9.47 Å². The normalized spacial score (nSPS) is 15.4. The van der Waals surface area contributed by atoms with Crippen LogP contribution >= 0.6 is 0 Å². The summed E-state index contributed by atoms with van der Waals surface area (Å²) in [5.74, 6) is -0.630. The summed E-state index contributed by atoms with van der Waals surface area (Å²) in [6, 6.07) is 13.9. The number of urea groups is 1. The molecular formula is C24H23N5O6. The maximum absolute atomic E-state index is 13.0. The quantitative estimate of drug-likeness (QED) is 0.220. The first-order valence-electron chi connectivity index (χ1n) is 10.7. The Hall–Kier alpha value is -4.51. The average molecular weight is 477 g/mol. The van der Waals surface area contributed by atoms with Crippen LogP contribution in [0.5, 0.6) is 0 Å². The van der Waals surface area contributed by atoms with Gasteiger partial charge >= 0.3 is 12.0 Å². The van der Waals surface area contributed by atoms with E-state index in [1.54, 1.807) is 29.9 Å². The number of nitro benzene ring substituents is 1. The molecule has 11 heteroatoms. The first kappa shape index (κ1) is 23.6. The molecule has 35 heavy (non-hydrogen) atoms. The third-order valence-electron chi connectivity index (χ3n) is 5.41. The van der Waals surface area contributed by atoms with Gasteiger partial charge in [0.05, 0.1) is 34.5 Å². The van der Waals surface area contributed by atoms with Crippen molar-refractivity contribution in [1.82, 2.24) is 20.4 Å². The van der Waals surface area contributed by atoms with E-state index in [0.717, 1.165) is 5.69 Å².